The van der Waals surface area contributed by atoms with Crippen LogP contribution in [0.2, 0.25) is 0 Å². The summed E-state index contributed by atoms with van der Waals surface area (Å²) in [4.78, 5) is 21.3. The van der Waals surface area contributed by atoms with Gasteiger partial charge in [-0.2, -0.15) is 0 Å². The fourth-order valence-corrected chi connectivity index (χ4v) is 3.43. The van der Waals surface area contributed by atoms with Crippen LogP contribution in [-0.4, -0.2) is 23.1 Å². The van der Waals surface area contributed by atoms with Gasteiger partial charge < -0.3 is 19.9 Å². The summed E-state index contributed by atoms with van der Waals surface area (Å²) in [6.45, 7) is 1.37. The third-order valence-electron chi connectivity index (χ3n) is 4.72. The van der Waals surface area contributed by atoms with Crippen molar-refractivity contribution < 1.29 is 24.3 Å². The molecule has 0 radical (unpaired) electrons. The van der Waals surface area contributed by atoms with E-state index in [9.17, 15) is 14.9 Å². The lowest BCUT2D eigenvalue weighted by molar-refractivity contribution is -0.384. The Bertz CT molecular complexity index is 1100. The van der Waals surface area contributed by atoms with E-state index in [0.29, 0.717) is 24.6 Å². The van der Waals surface area contributed by atoms with Crippen LogP contribution in [0, 0.1) is 10.1 Å². The monoisotopic (exact) mass is 500 g/mol. The number of halogens is 1. The Labute approximate surface area is 193 Å². The zero-order valence-electron chi connectivity index (χ0n) is 17.2. The predicted octanol–water partition coefficient (Wildman–Crippen LogP) is 4.93. The number of carboxylic acids is 1. The van der Waals surface area contributed by atoms with Crippen molar-refractivity contribution in [2.75, 3.05) is 7.11 Å². The van der Waals surface area contributed by atoms with E-state index in [-0.39, 0.29) is 17.9 Å². The smallest absolute Gasteiger partial charge is 0.335 e. The number of nitrogens with one attached hydrogen (secondary N) is 1. The molecular formula is C23H21BrN2O6. The standard InChI is InChI=1S/C23H21BrN2O6/c1-31-21-10-18(13-25-12-15-2-6-17(7-3-15)23(27)28)20(24)11-22(21)32-14-16-4-8-19(9-5-16)26(29)30/h2-11,25H,12-14H2,1H3,(H,27,28). The van der Waals surface area contributed by atoms with Crippen LogP contribution in [0.3, 0.4) is 0 Å². The van der Waals surface area contributed by atoms with Crippen molar-refractivity contribution in [2.24, 2.45) is 0 Å². The van der Waals surface area contributed by atoms with Crippen LogP contribution in [0.25, 0.3) is 0 Å². The van der Waals surface area contributed by atoms with E-state index in [2.05, 4.69) is 21.2 Å². The molecule has 0 aliphatic rings. The van der Waals surface area contributed by atoms with Crippen LogP contribution in [0.1, 0.15) is 27.0 Å². The maximum Gasteiger partial charge on any atom is 0.335 e. The molecule has 32 heavy (non-hydrogen) atoms. The van der Waals surface area contributed by atoms with Gasteiger partial charge in [0, 0.05) is 29.7 Å². The largest absolute Gasteiger partial charge is 0.493 e. The zero-order valence-corrected chi connectivity index (χ0v) is 18.8. The average molecular weight is 501 g/mol. The van der Waals surface area contributed by atoms with Gasteiger partial charge in [0.05, 0.1) is 17.6 Å². The van der Waals surface area contributed by atoms with Gasteiger partial charge >= 0.3 is 5.97 Å². The molecule has 0 heterocycles. The zero-order chi connectivity index (χ0) is 23.1. The number of nitrogens with zero attached hydrogens (tertiary/aromatic N) is 1. The van der Waals surface area contributed by atoms with Gasteiger partial charge in [0.25, 0.3) is 5.69 Å². The quantitative estimate of drug-likeness (QED) is 0.299. The van der Waals surface area contributed by atoms with E-state index >= 15 is 0 Å². The Morgan fingerprint density at radius 1 is 1.03 bits per heavy atom. The summed E-state index contributed by atoms with van der Waals surface area (Å²) < 4.78 is 12.2. The summed E-state index contributed by atoms with van der Waals surface area (Å²) in [6.07, 6.45) is 0. The highest BCUT2D eigenvalue weighted by Gasteiger charge is 2.12. The molecule has 166 valence electrons. The van der Waals surface area contributed by atoms with Gasteiger partial charge in [0.15, 0.2) is 11.5 Å². The molecule has 0 aliphatic heterocycles. The molecule has 3 aromatic rings. The Balaban J connectivity index is 1.61. The second-order valence-corrected chi connectivity index (χ2v) is 7.77. The molecule has 3 rings (SSSR count). The Hall–Kier alpha value is -3.43. The molecule has 0 bridgehead atoms. The fraction of sp³-hybridized carbons (Fsp3) is 0.174. The number of benzene rings is 3. The molecule has 0 fully saturated rings. The highest BCUT2D eigenvalue weighted by molar-refractivity contribution is 9.10. The van der Waals surface area contributed by atoms with Crippen LogP contribution in [-0.2, 0) is 19.7 Å². The lowest BCUT2D eigenvalue weighted by atomic mass is 10.1. The number of aromatic carboxylic acids is 1. The molecule has 3 aromatic carbocycles. The number of carbonyl (C=O) groups is 1. The summed E-state index contributed by atoms with van der Waals surface area (Å²) in [6, 6.07) is 16.6. The topological polar surface area (TPSA) is 111 Å². The number of non-ortho nitro benzene ring substituents is 1. The number of hydrogen-bond acceptors (Lipinski definition) is 6. The number of methoxy groups -OCH3 is 1. The van der Waals surface area contributed by atoms with E-state index in [1.807, 2.05) is 12.1 Å². The third-order valence-corrected chi connectivity index (χ3v) is 5.46. The first-order valence-corrected chi connectivity index (χ1v) is 10.4. The lowest BCUT2D eigenvalue weighted by Crippen LogP contribution is -2.13. The van der Waals surface area contributed by atoms with E-state index in [4.69, 9.17) is 14.6 Å². The molecule has 0 saturated heterocycles. The highest BCUT2D eigenvalue weighted by Crippen LogP contribution is 2.34. The Morgan fingerprint density at radius 3 is 2.28 bits per heavy atom. The van der Waals surface area contributed by atoms with Crippen LogP contribution < -0.4 is 14.8 Å². The maximum absolute atomic E-state index is 10.9. The van der Waals surface area contributed by atoms with Crippen molar-refractivity contribution in [3.8, 4) is 11.5 Å². The summed E-state index contributed by atoms with van der Waals surface area (Å²) in [5.41, 5.74) is 3.02. The molecule has 0 aliphatic carbocycles. The molecule has 2 N–H and O–H groups in total. The van der Waals surface area contributed by atoms with Gasteiger partial charge in [-0.3, -0.25) is 10.1 Å². The van der Waals surface area contributed by atoms with Gasteiger partial charge in [-0.1, -0.05) is 28.1 Å². The second-order valence-electron chi connectivity index (χ2n) is 6.91. The van der Waals surface area contributed by atoms with Crippen molar-refractivity contribution in [3.05, 3.63) is 97.5 Å². The first kappa shape index (κ1) is 23.2. The van der Waals surface area contributed by atoms with E-state index in [0.717, 1.165) is 21.2 Å². The molecule has 0 atom stereocenters. The van der Waals surface area contributed by atoms with Crippen LogP contribution in [0.5, 0.6) is 11.5 Å². The number of ether oxygens (including phenoxy) is 2. The first-order chi connectivity index (χ1) is 15.4. The minimum atomic E-state index is -0.948. The molecule has 9 heteroatoms. The summed E-state index contributed by atoms with van der Waals surface area (Å²) in [5.74, 6) is 0.167. The lowest BCUT2D eigenvalue weighted by Gasteiger charge is -2.15. The van der Waals surface area contributed by atoms with E-state index in [1.54, 1.807) is 43.5 Å². The van der Waals surface area contributed by atoms with Crippen molar-refractivity contribution >= 4 is 27.6 Å². The number of rotatable bonds is 10. The van der Waals surface area contributed by atoms with Gasteiger partial charge in [0.2, 0.25) is 0 Å². The minimum absolute atomic E-state index is 0.0313. The van der Waals surface area contributed by atoms with E-state index < -0.39 is 10.9 Å². The first-order valence-electron chi connectivity index (χ1n) is 9.63. The fourth-order valence-electron chi connectivity index (χ4n) is 2.97. The van der Waals surface area contributed by atoms with Crippen LogP contribution >= 0.6 is 15.9 Å². The van der Waals surface area contributed by atoms with Crippen LogP contribution in [0.4, 0.5) is 5.69 Å². The number of nitro benzene ring substituents is 1. The average Bonchev–Trinajstić information content (AvgIpc) is 2.79. The van der Waals surface area contributed by atoms with E-state index in [1.165, 1.54) is 12.1 Å². The molecule has 0 spiro atoms. The third kappa shape index (κ3) is 6.05. The number of hydrogen-bond donors (Lipinski definition) is 2. The van der Waals surface area contributed by atoms with Gasteiger partial charge in [-0.25, -0.2) is 4.79 Å². The van der Waals surface area contributed by atoms with Crippen molar-refractivity contribution in [2.45, 2.75) is 19.7 Å². The summed E-state index contributed by atoms with van der Waals surface area (Å²) >= 11 is 3.56. The molecule has 0 unspecified atom stereocenters. The summed E-state index contributed by atoms with van der Waals surface area (Å²) in [5, 5.41) is 23.1. The number of carboxylic acid groups (broad SMARTS) is 1. The van der Waals surface area contributed by atoms with Crippen molar-refractivity contribution in [1.82, 2.24) is 5.32 Å². The van der Waals surface area contributed by atoms with Crippen LogP contribution in [0.15, 0.2) is 65.1 Å². The SMILES string of the molecule is COc1cc(CNCc2ccc(C(=O)O)cc2)c(Br)cc1OCc1ccc([N+](=O)[O-])cc1. The van der Waals surface area contributed by atoms with Crippen molar-refractivity contribution in [1.29, 1.82) is 0 Å². The molecule has 0 aromatic heterocycles. The van der Waals surface area contributed by atoms with Crippen molar-refractivity contribution in [3.63, 3.8) is 0 Å². The van der Waals surface area contributed by atoms with Gasteiger partial charge in [0.1, 0.15) is 6.61 Å². The predicted molar refractivity (Wildman–Crippen MR) is 122 cm³/mol. The normalized spacial score (nSPS) is 10.6. The molecule has 0 saturated carbocycles. The highest BCUT2D eigenvalue weighted by atomic mass is 79.9. The Kier molecular flexibility index (Phi) is 7.80. The molecule has 0 amide bonds. The minimum Gasteiger partial charge on any atom is -0.493 e. The van der Waals surface area contributed by atoms with Gasteiger partial charge in [-0.15, -0.1) is 0 Å². The maximum atomic E-state index is 10.9. The Morgan fingerprint density at radius 2 is 1.69 bits per heavy atom. The summed E-state index contributed by atoms with van der Waals surface area (Å²) in [7, 11) is 1.56. The van der Waals surface area contributed by atoms with Gasteiger partial charge in [-0.05, 0) is 53.1 Å². The number of nitro groups is 1. The molecule has 8 nitrogen and oxygen atoms in total. The second kappa shape index (κ2) is 10.7. The molecular weight excluding hydrogens is 480 g/mol.